The Morgan fingerprint density at radius 2 is 1.42 bits per heavy atom. The third kappa shape index (κ3) is 6.52. The Morgan fingerprint density at radius 3 is 1.96 bits per heavy atom. The normalized spacial score (nSPS) is 9.85. The van der Waals surface area contributed by atoms with E-state index in [9.17, 15) is 14.4 Å². The van der Waals surface area contributed by atoms with Crippen LogP contribution in [0, 0.1) is 0 Å². The molecule has 0 radical (unpaired) electrons. The van der Waals surface area contributed by atoms with Crippen molar-refractivity contribution in [2.75, 3.05) is 19.6 Å². The molecule has 8 heteroatoms. The van der Waals surface area contributed by atoms with Crippen molar-refractivity contribution < 1.29 is 29.0 Å². The summed E-state index contributed by atoms with van der Waals surface area (Å²) in [5, 5.41) is 11.4. The molecular formula is C18H18N2O6. The van der Waals surface area contributed by atoms with Gasteiger partial charge in [-0.05, 0) is 24.3 Å². The van der Waals surface area contributed by atoms with Gasteiger partial charge in [0.15, 0.2) is 0 Å². The molecule has 0 heterocycles. The molecular weight excluding hydrogens is 340 g/mol. The molecule has 0 aliphatic carbocycles. The number of carbonyl (C=O) groups excluding carboxylic acids is 2. The van der Waals surface area contributed by atoms with E-state index >= 15 is 0 Å². The van der Waals surface area contributed by atoms with Gasteiger partial charge in [-0.3, -0.25) is 9.69 Å². The molecule has 0 aromatic heterocycles. The maximum absolute atomic E-state index is 12.1. The second-order valence-electron chi connectivity index (χ2n) is 5.13. The van der Waals surface area contributed by atoms with Gasteiger partial charge >= 0.3 is 18.2 Å². The van der Waals surface area contributed by atoms with Crippen LogP contribution in [-0.4, -0.2) is 47.8 Å². The monoisotopic (exact) mass is 358 g/mol. The summed E-state index contributed by atoms with van der Waals surface area (Å²) >= 11 is 0. The van der Waals surface area contributed by atoms with Crippen molar-refractivity contribution in [1.29, 1.82) is 0 Å². The predicted octanol–water partition coefficient (Wildman–Crippen LogP) is 2.36. The molecule has 2 aromatic rings. The third-order valence-corrected chi connectivity index (χ3v) is 3.14. The lowest BCUT2D eigenvalue weighted by molar-refractivity contribution is -0.137. The molecule has 0 fully saturated rings. The van der Waals surface area contributed by atoms with Crippen LogP contribution in [0.25, 0.3) is 0 Å². The first-order chi connectivity index (χ1) is 12.5. The first kappa shape index (κ1) is 18.8. The second kappa shape index (κ2) is 9.67. The number of nitrogens with zero attached hydrogens (tertiary/aromatic N) is 1. The second-order valence-corrected chi connectivity index (χ2v) is 5.13. The van der Waals surface area contributed by atoms with Crippen LogP contribution in [0.1, 0.15) is 0 Å². The first-order valence-electron chi connectivity index (χ1n) is 7.79. The highest BCUT2D eigenvalue weighted by Crippen LogP contribution is 2.10. The number of hydrogen-bond acceptors (Lipinski definition) is 5. The molecule has 2 rings (SSSR count). The summed E-state index contributed by atoms with van der Waals surface area (Å²) < 4.78 is 10.1. The van der Waals surface area contributed by atoms with Crippen molar-refractivity contribution in [2.45, 2.75) is 0 Å². The molecule has 0 unspecified atom stereocenters. The van der Waals surface area contributed by atoms with Crippen LogP contribution in [-0.2, 0) is 4.79 Å². The number of hydrogen-bond donors (Lipinski definition) is 2. The van der Waals surface area contributed by atoms with Crippen LogP contribution in [0.5, 0.6) is 11.5 Å². The SMILES string of the molecule is O=C(O)CN(CCNC(=O)Oc1ccccc1)C(=O)Oc1ccccc1. The van der Waals surface area contributed by atoms with Gasteiger partial charge in [0.25, 0.3) is 0 Å². The molecule has 2 amide bonds. The van der Waals surface area contributed by atoms with Crippen LogP contribution >= 0.6 is 0 Å². The minimum atomic E-state index is -1.19. The van der Waals surface area contributed by atoms with Gasteiger partial charge in [-0.25, -0.2) is 9.59 Å². The number of carboxylic acids is 1. The van der Waals surface area contributed by atoms with E-state index < -0.39 is 24.7 Å². The number of benzene rings is 2. The van der Waals surface area contributed by atoms with E-state index in [0.29, 0.717) is 11.5 Å². The molecule has 0 spiro atoms. The van der Waals surface area contributed by atoms with E-state index in [1.807, 2.05) is 0 Å². The molecule has 8 nitrogen and oxygen atoms in total. The predicted molar refractivity (Wildman–Crippen MR) is 92.1 cm³/mol. The highest BCUT2D eigenvalue weighted by atomic mass is 16.6. The molecule has 0 atom stereocenters. The fourth-order valence-corrected chi connectivity index (χ4v) is 1.98. The number of amides is 2. The molecule has 2 N–H and O–H groups in total. The molecule has 0 aliphatic rings. The molecule has 2 aromatic carbocycles. The van der Waals surface area contributed by atoms with Crippen molar-refractivity contribution in [3.8, 4) is 11.5 Å². The Hall–Kier alpha value is -3.55. The minimum Gasteiger partial charge on any atom is -0.480 e. The van der Waals surface area contributed by atoms with E-state index in [4.69, 9.17) is 14.6 Å². The number of carbonyl (C=O) groups is 3. The zero-order valence-corrected chi connectivity index (χ0v) is 13.8. The Balaban J connectivity index is 1.84. The number of rotatable bonds is 7. The summed E-state index contributed by atoms with van der Waals surface area (Å²) in [5.41, 5.74) is 0. The zero-order valence-electron chi connectivity index (χ0n) is 13.8. The number of carboxylic acid groups (broad SMARTS) is 1. The van der Waals surface area contributed by atoms with E-state index in [0.717, 1.165) is 4.90 Å². The van der Waals surface area contributed by atoms with Crippen LogP contribution in [0.15, 0.2) is 60.7 Å². The Bertz CT molecular complexity index is 736. The van der Waals surface area contributed by atoms with Gasteiger partial charge in [0.05, 0.1) is 0 Å². The summed E-state index contributed by atoms with van der Waals surface area (Å²) in [6.45, 7) is -0.605. The Kier molecular flexibility index (Phi) is 6.99. The number of nitrogens with one attached hydrogen (secondary N) is 1. The van der Waals surface area contributed by atoms with Crippen LogP contribution in [0.4, 0.5) is 9.59 Å². The van der Waals surface area contributed by atoms with E-state index in [1.165, 1.54) is 0 Å². The van der Waals surface area contributed by atoms with Gasteiger partial charge in [0, 0.05) is 13.1 Å². The lowest BCUT2D eigenvalue weighted by atomic mass is 10.3. The van der Waals surface area contributed by atoms with Crippen molar-refractivity contribution in [3.63, 3.8) is 0 Å². The molecule has 26 heavy (non-hydrogen) atoms. The van der Waals surface area contributed by atoms with E-state index in [1.54, 1.807) is 60.7 Å². The maximum atomic E-state index is 12.1. The highest BCUT2D eigenvalue weighted by Gasteiger charge is 2.19. The standard InChI is InChI=1S/C18H18N2O6/c21-16(22)13-20(18(24)26-15-9-5-2-6-10-15)12-11-19-17(23)25-14-7-3-1-4-8-14/h1-10H,11-13H2,(H,19,23)(H,21,22). The topological polar surface area (TPSA) is 105 Å². The van der Waals surface area contributed by atoms with Crippen molar-refractivity contribution in [1.82, 2.24) is 10.2 Å². The molecule has 0 saturated carbocycles. The molecule has 0 aliphatic heterocycles. The third-order valence-electron chi connectivity index (χ3n) is 3.14. The average molecular weight is 358 g/mol. The van der Waals surface area contributed by atoms with E-state index in [2.05, 4.69) is 5.32 Å². The zero-order chi connectivity index (χ0) is 18.8. The van der Waals surface area contributed by atoms with Gasteiger partial charge in [-0.15, -0.1) is 0 Å². The molecule has 136 valence electrons. The lowest BCUT2D eigenvalue weighted by Gasteiger charge is -2.20. The van der Waals surface area contributed by atoms with Gasteiger partial charge in [-0.2, -0.15) is 0 Å². The van der Waals surface area contributed by atoms with Crippen LogP contribution in [0.3, 0.4) is 0 Å². The fourth-order valence-electron chi connectivity index (χ4n) is 1.98. The first-order valence-corrected chi connectivity index (χ1v) is 7.79. The highest BCUT2D eigenvalue weighted by molar-refractivity contribution is 5.78. The van der Waals surface area contributed by atoms with Crippen LogP contribution in [0.2, 0.25) is 0 Å². The summed E-state index contributed by atoms with van der Waals surface area (Å²) in [6.07, 6.45) is -1.53. The Morgan fingerprint density at radius 1 is 0.885 bits per heavy atom. The lowest BCUT2D eigenvalue weighted by Crippen LogP contribution is -2.43. The maximum Gasteiger partial charge on any atom is 0.415 e. The molecule has 0 bridgehead atoms. The van der Waals surface area contributed by atoms with Crippen molar-refractivity contribution in [2.24, 2.45) is 0 Å². The van der Waals surface area contributed by atoms with Gasteiger partial charge < -0.3 is 19.9 Å². The summed E-state index contributed by atoms with van der Waals surface area (Å²) in [5.74, 6) is -0.526. The smallest absolute Gasteiger partial charge is 0.415 e. The van der Waals surface area contributed by atoms with Gasteiger partial charge in [0.2, 0.25) is 0 Å². The van der Waals surface area contributed by atoms with E-state index in [-0.39, 0.29) is 13.1 Å². The Labute approximate surface area is 149 Å². The van der Waals surface area contributed by atoms with Gasteiger partial charge in [0.1, 0.15) is 18.0 Å². The average Bonchev–Trinajstić information content (AvgIpc) is 2.62. The largest absolute Gasteiger partial charge is 0.480 e. The van der Waals surface area contributed by atoms with Gasteiger partial charge in [-0.1, -0.05) is 36.4 Å². The number of aliphatic carboxylic acids is 1. The number of para-hydroxylation sites is 2. The minimum absolute atomic E-state index is 0.00281. The van der Waals surface area contributed by atoms with Crippen LogP contribution < -0.4 is 14.8 Å². The van der Waals surface area contributed by atoms with Crippen molar-refractivity contribution >= 4 is 18.2 Å². The summed E-state index contributed by atoms with van der Waals surface area (Å²) in [4.78, 5) is 35.7. The van der Waals surface area contributed by atoms with Crippen molar-refractivity contribution in [3.05, 3.63) is 60.7 Å². The molecule has 0 saturated heterocycles. The number of ether oxygens (including phenoxy) is 2. The summed E-state index contributed by atoms with van der Waals surface area (Å²) in [7, 11) is 0. The quantitative estimate of drug-likeness (QED) is 0.787. The fraction of sp³-hybridized carbons (Fsp3) is 0.167. The summed E-state index contributed by atoms with van der Waals surface area (Å²) in [6, 6.07) is 16.7.